The normalized spacial score (nSPS) is 12.0. The molecule has 0 rings (SSSR count). The second-order valence-electron chi connectivity index (χ2n) is 12.1. The van der Waals surface area contributed by atoms with Crippen molar-refractivity contribution in [2.24, 2.45) is 0 Å². The molecule has 0 aliphatic carbocycles. The number of unbranched alkanes of at least 4 members (excludes halogenated alkanes) is 25. The largest absolute Gasteiger partial charge is 0.464 e. The van der Waals surface area contributed by atoms with Crippen LogP contribution in [0.5, 0.6) is 0 Å². The number of carbonyl (C=O) groups excluding carboxylic acids is 2. The fraction of sp³-hybridized carbons (Fsp3) is 0.943. The second-order valence-corrected chi connectivity index (χ2v) is 12.1. The summed E-state index contributed by atoms with van der Waals surface area (Å²) < 4.78 is 5.31. The Balaban J connectivity index is 3.53. The number of nitrogens with one attached hydrogen (secondary N) is 1. The van der Waals surface area contributed by atoms with Gasteiger partial charge in [-0.15, -0.1) is 0 Å². The number of amides is 1. The summed E-state index contributed by atoms with van der Waals surface area (Å²) in [5.74, 6) is -0.688. The van der Waals surface area contributed by atoms with Crippen LogP contribution in [0.2, 0.25) is 0 Å². The quantitative estimate of drug-likeness (QED) is 0.0626. The minimum absolute atomic E-state index is 0.171. The van der Waals surface area contributed by atoms with Crippen LogP contribution in [0.25, 0.3) is 0 Å². The SMILES string of the molecule is CCCCCCCCCCCCCCCCOC(=O)[C@H](CO)NC(=O)CCCCCCCCCCCCCCC. The third-order valence-electron chi connectivity index (χ3n) is 8.05. The van der Waals surface area contributed by atoms with Crippen molar-refractivity contribution in [3.63, 3.8) is 0 Å². The van der Waals surface area contributed by atoms with Crippen molar-refractivity contribution in [3.05, 3.63) is 0 Å². The molecule has 238 valence electrons. The first kappa shape index (κ1) is 38.9. The number of esters is 1. The number of ether oxygens (including phenoxy) is 1. The topological polar surface area (TPSA) is 75.6 Å². The predicted molar refractivity (Wildman–Crippen MR) is 171 cm³/mol. The Morgan fingerprint density at radius 2 is 0.850 bits per heavy atom. The summed E-state index contributed by atoms with van der Waals surface area (Å²) in [6.45, 7) is 4.48. The summed E-state index contributed by atoms with van der Waals surface area (Å²) in [5.41, 5.74) is 0. The molecule has 0 spiro atoms. The molecule has 0 aromatic carbocycles. The highest BCUT2D eigenvalue weighted by atomic mass is 16.5. The molecule has 0 aromatic rings. The third kappa shape index (κ3) is 28.4. The van der Waals surface area contributed by atoms with Crippen LogP contribution in [-0.4, -0.2) is 36.2 Å². The molecular formula is C35H69NO4. The van der Waals surface area contributed by atoms with E-state index in [0.29, 0.717) is 13.0 Å². The van der Waals surface area contributed by atoms with Crippen LogP contribution < -0.4 is 5.32 Å². The van der Waals surface area contributed by atoms with Crippen molar-refractivity contribution >= 4 is 11.9 Å². The molecule has 0 fully saturated rings. The Labute approximate surface area is 249 Å². The lowest BCUT2D eigenvalue weighted by atomic mass is 10.0. The summed E-state index contributed by atoms with van der Waals surface area (Å²) in [4.78, 5) is 24.4. The average Bonchev–Trinajstić information content (AvgIpc) is 2.96. The number of hydrogen-bond acceptors (Lipinski definition) is 4. The zero-order valence-corrected chi connectivity index (χ0v) is 27.0. The number of aliphatic hydroxyl groups excluding tert-OH is 1. The molecule has 0 aliphatic heterocycles. The molecule has 0 aromatic heterocycles. The standard InChI is InChI=1S/C35H69NO4/c1-3-5-7-9-11-13-15-17-19-21-23-25-27-29-31-40-35(39)33(32-37)36-34(38)30-28-26-24-22-20-18-16-14-12-10-8-6-4-2/h33,37H,3-32H2,1-2H3,(H,36,38)/t33-/m0/s1. The molecule has 1 atom stereocenters. The van der Waals surface area contributed by atoms with Gasteiger partial charge in [0.1, 0.15) is 0 Å². The maximum atomic E-state index is 12.2. The molecule has 0 radical (unpaired) electrons. The van der Waals surface area contributed by atoms with E-state index in [1.165, 1.54) is 141 Å². The van der Waals surface area contributed by atoms with Crippen molar-refractivity contribution in [1.29, 1.82) is 0 Å². The van der Waals surface area contributed by atoms with Crippen LogP contribution in [-0.2, 0) is 14.3 Å². The Hall–Kier alpha value is -1.10. The van der Waals surface area contributed by atoms with Crippen molar-refractivity contribution in [3.8, 4) is 0 Å². The van der Waals surface area contributed by atoms with Crippen LogP contribution in [0.15, 0.2) is 0 Å². The number of aliphatic hydroxyl groups is 1. The van der Waals surface area contributed by atoms with Gasteiger partial charge in [0.05, 0.1) is 13.2 Å². The molecule has 2 N–H and O–H groups in total. The summed E-state index contributed by atoms with van der Waals surface area (Å²) >= 11 is 0. The molecule has 0 saturated carbocycles. The third-order valence-corrected chi connectivity index (χ3v) is 8.05. The second kappa shape index (κ2) is 32.4. The molecule has 5 heteroatoms. The van der Waals surface area contributed by atoms with E-state index < -0.39 is 18.6 Å². The Morgan fingerprint density at radius 1 is 0.525 bits per heavy atom. The summed E-state index contributed by atoms with van der Waals surface area (Å²) in [5, 5.41) is 12.2. The van der Waals surface area contributed by atoms with E-state index in [9.17, 15) is 14.7 Å². The minimum atomic E-state index is -0.943. The number of hydrogen-bond donors (Lipinski definition) is 2. The van der Waals surface area contributed by atoms with Gasteiger partial charge in [-0.05, 0) is 12.8 Å². The van der Waals surface area contributed by atoms with Crippen LogP contribution in [0.3, 0.4) is 0 Å². The molecule has 40 heavy (non-hydrogen) atoms. The first-order valence-corrected chi connectivity index (χ1v) is 17.7. The van der Waals surface area contributed by atoms with Crippen molar-refractivity contribution in [2.45, 2.75) is 200 Å². The van der Waals surface area contributed by atoms with Gasteiger partial charge in [0, 0.05) is 6.42 Å². The van der Waals surface area contributed by atoms with Crippen molar-refractivity contribution < 1.29 is 19.4 Å². The molecule has 5 nitrogen and oxygen atoms in total. The first-order chi connectivity index (χ1) is 19.7. The van der Waals surface area contributed by atoms with Crippen LogP contribution >= 0.6 is 0 Å². The average molecular weight is 568 g/mol. The van der Waals surface area contributed by atoms with E-state index in [0.717, 1.165) is 32.1 Å². The zero-order chi connectivity index (χ0) is 29.4. The fourth-order valence-electron chi connectivity index (χ4n) is 5.32. The maximum absolute atomic E-state index is 12.2. The van der Waals surface area contributed by atoms with Gasteiger partial charge in [-0.3, -0.25) is 4.79 Å². The molecule has 0 heterocycles. The van der Waals surface area contributed by atoms with Gasteiger partial charge in [0.15, 0.2) is 6.04 Å². The summed E-state index contributed by atoms with van der Waals surface area (Å²) in [6, 6.07) is -0.943. The zero-order valence-electron chi connectivity index (χ0n) is 27.0. The van der Waals surface area contributed by atoms with E-state index in [1.54, 1.807) is 0 Å². The van der Waals surface area contributed by atoms with Gasteiger partial charge in [0.2, 0.25) is 5.91 Å². The Bertz CT molecular complexity index is 539. The molecule has 0 aliphatic rings. The van der Waals surface area contributed by atoms with Gasteiger partial charge in [0.25, 0.3) is 0 Å². The fourth-order valence-corrected chi connectivity index (χ4v) is 5.32. The van der Waals surface area contributed by atoms with E-state index in [2.05, 4.69) is 19.2 Å². The highest BCUT2D eigenvalue weighted by Crippen LogP contribution is 2.14. The number of carbonyl (C=O) groups is 2. The van der Waals surface area contributed by atoms with Crippen LogP contribution in [0.4, 0.5) is 0 Å². The molecule has 0 saturated heterocycles. The minimum Gasteiger partial charge on any atom is -0.464 e. The monoisotopic (exact) mass is 568 g/mol. The molecule has 0 unspecified atom stereocenters. The first-order valence-electron chi connectivity index (χ1n) is 17.7. The smallest absolute Gasteiger partial charge is 0.331 e. The number of rotatable bonds is 32. The Kier molecular flexibility index (Phi) is 31.5. The van der Waals surface area contributed by atoms with Crippen molar-refractivity contribution in [1.82, 2.24) is 5.32 Å². The van der Waals surface area contributed by atoms with Crippen molar-refractivity contribution in [2.75, 3.05) is 13.2 Å². The van der Waals surface area contributed by atoms with Gasteiger partial charge in [-0.25, -0.2) is 4.79 Å². The van der Waals surface area contributed by atoms with Gasteiger partial charge in [-0.1, -0.05) is 174 Å². The van der Waals surface area contributed by atoms with Gasteiger partial charge < -0.3 is 15.2 Å². The van der Waals surface area contributed by atoms with Gasteiger partial charge in [-0.2, -0.15) is 0 Å². The van der Waals surface area contributed by atoms with Crippen LogP contribution in [0.1, 0.15) is 194 Å². The van der Waals surface area contributed by atoms with E-state index in [4.69, 9.17) is 4.74 Å². The van der Waals surface area contributed by atoms with E-state index in [-0.39, 0.29) is 5.91 Å². The van der Waals surface area contributed by atoms with E-state index in [1.807, 2.05) is 0 Å². The Morgan fingerprint density at radius 3 is 1.20 bits per heavy atom. The lowest BCUT2D eigenvalue weighted by Crippen LogP contribution is -2.44. The maximum Gasteiger partial charge on any atom is 0.331 e. The lowest BCUT2D eigenvalue weighted by molar-refractivity contribution is -0.149. The summed E-state index contributed by atoms with van der Waals surface area (Å²) in [7, 11) is 0. The van der Waals surface area contributed by atoms with E-state index >= 15 is 0 Å². The van der Waals surface area contributed by atoms with Gasteiger partial charge >= 0.3 is 5.97 Å². The lowest BCUT2D eigenvalue weighted by Gasteiger charge is -2.15. The van der Waals surface area contributed by atoms with Crippen LogP contribution in [0, 0.1) is 0 Å². The predicted octanol–water partition coefficient (Wildman–Crippen LogP) is 9.97. The highest BCUT2D eigenvalue weighted by Gasteiger charge is 2.21. The molecule has 0 bridgehead atoms. The summed E-state index contributed by atoms with van der Waals surface area (Å²) in [6.07, 6.45) is 34.9. The molecule has 1 amide bonds. The molecular weight excluding hydrogens is 498 g/mol. The highest BCUT2D eigenvalue weighted by molar-refractivity contribution is 5.84.